The molecule has 0 bridgehead atoms. The number of sulfonamides is 1. The summed E-state index contributed by atoms with van der Waals surface area (Å²) in [6, 6.07) is 15.6. The van der Waals surface area contributed by atoms with Crippen LogP contribution < -0.4 is 19.1 Å². The predicted molar refractivity (Wildman–Crippen MR) is 164 cm³/mol. The molecule has 3 aromatic carbocycles. The van der Waals surface area contributed by atoms with Crippen molar-refractivity contribution in [3.8, 4) is 11.5 Å². The van der Waals surface area contributed by atoms with Crippen LogP contribution in [0.5, 0.6) is 11.5 Å². The SMILES string of the molecule is CCC(C(=O)NCC(C)C)N(Cc1cccc(C)c1)C(=O)CN(c1ccc(F)cc1)S(=O)(=O)c1ccc(OC)c(OC)c1. The van der Waals surface area contributed by atoms with E-state index in [4.69, 9.17) is 9.47 Å². The Balaban J connectivity index is 2.08. The third-order valence-electron chi connectivity index (χ3n) is 6.84. The average Bonchev–Trinajstić information content (AvgIpc) is 2.98. The molecule has 0 aliphatic heterocycles. The molecular weight excluding hydrogens is 573 g/mol. The van der Waals surface area contributed by atoms with E-state index in [1.54, 1.807) is 6.92 Å². The molecule has 0 spiro atoms. The maximum Gasteiger partial charge on any atom is 0.264 e. The molecule has 0 aromatic heterocycles. The Morgan fingerprint density at radius 1 is 0.953 bits per heavy atom. The molecule has 1 N–H and O–H groups in total. The van der Waals surface area contributed by atoms with E-state index in [0.29, 0.717) is 18.7 Å². The summed E-state index contributed by atoms with van der Waals surface area (Å²) in [5.41, 5.74) is 1.85. The van der Waals surface area contributed by atoms with Gasteiger partial charge < -0.3 is 19.7 Å². The van der Waals surface area contributed by atoms with Crippen LogP contribution in [0, 0.1) is 18.7 Å². The van der Waals surface area contributed by atoms with Crippen LogP contribution in [0.3, 0.4) is 0 Å². The first-order chi connectivity index (χ1) is 20.4. The van der Waals surface area contributed by atoms with E-state index >= 15 is 0 Å². The highest BCUT2D eigenvalue weighted by molar-refractivity contribution is 7.92. The lowest BCUT2D eigenvalue weighted by molar-refractivity contribution is -0.140. The van der Waals surface area contributed by atoms with Crippen LogP contribution in [-0.2, 0) is 26.2 Å². The first-order valence-electron chi connectivity index (χ1n) is 14.0. The number of hydrogen-bond acceptors (Lipinski definition) is 6. The van der Waals surface area contributed by atoms with E-state index in [1.165, 1.54) is 49.5 Å². The van der Waals surface area contributed by atoms with Crippen molar-refractivity contribution < 1.29 is 31.9 Å². The molecule has 0 heterocycles. The first-order valence-corrected chi connectivity index (χ1v) is 15.5. The van der Waals surface area contributed by atoms with E-state index in [2.05, 4.69) is 5.32 Å². The van der Waals surface area contributed by atoms with Gasteiger partial charge in [-0.05, 0) is 61.2 Å². The molecule has 2 amide bonds. The number of benzene rings is 3. The first kappa shape index (κ1) is 33.4. The number of hydrogen-bond donors (Lipinski definition) is 1. The standard InChI is InChI=1S/C32H40FN3O6S/c1-7-28(32(38)34-19-22(2)3)35(20-24-10-8-9-23(4)17-24)31(37)21-36(26-13-11-25(33)12-14-26)43(39,40)27-15-16-29(41-5)30(18-27)42-6/h8-18,22,28H,7,19-21H2,1-6H3,(H,34,38). The van der Waals surface area contributed by atoms with Crippen molar-refractivity contribution in [3.63, 3.8) is 0 Å². The fraction of sp³-hybridized carbons (Fsp3) is 0.375. The minimum atomic E-state index is -4.38. The van der Waals surface area contributed by atoms with Crippen molar-refractivity contribution in [3.05, 3.63) is 83.7 Å². The Bertz CT molecular complexity index is 1510. The van der Waals surface area contributed by atoms with Gasteiger partial charge in [0.25, 0.3) is 10.0 Å². The molecule has 1 unspecified atom stereocenters. The van der Waals surface area contributed by atoms with Crippen molar-refractivity contribution in [2.24, 2.45) is 5.92 Å². The van der Waals surface area contributed by atoms with Gasteiger partial charge in [-0.15, -0.1) is 0 Å². The van der Waals surface area contributed by atoms with Gasteiger partial charge in [-0.1, -0.05) is 50.6 Å². The summed E-state index contributed by atoms with van der Waals surface area (Å²) in [4.78, 5) is 28.7. The molecule has 1 atom stereocenters. The van der Waals surface area contributed by atoms with Crippen molar-refractivity contribution >= 4 is 27.5 Å². The zero-order valence-electron chi connectivity index (χ0n) is 25.5. The minimum Gasteiger partial charge on any atom is -0.493 e. The number of amides is 2. The summed E-state index contributed by atoms with van der Waals surface area (Å²) in [5.74, 6) is -0.776. The number of nitrogens with one attached hydrogen (secondary N) is 1. The number of rotatable bonds is 14. The lowest BCUT2D eigenvalue weighted by Gasteiger charge is -2.33. The number of halogens is 1. The Morgan fingerprint density at radius 2 is 1.63 bits per heavy atom. The zero-order chi connectivity index (χ0) is 31.7. The molecule has 3 aromatic rings. The van der Waals surface area contributed by atoms with E-state index < -0.39 is 34.3 Å². The maximum absolute atomic E-state index is 14.1. The molecular formula is C32H40FN3O6S. The minimum absolute atomic E-state index is 0.0809. The summed E-state index contributed by atoms with van der Waals surface area (Å²) >= 11 is 0. The van der Waals surface area contributed by atoms with Crippen LogP contribution in [0.15, 0.2) is 71.6 Å². The Hall–Kier alpha value is -4.12. The molecule has 232 valence electrons. The van der Waals surface area contributed by atoms with E-state index in [-0.39, 0.29) is 34.7 Å². The second-order valence-corrected chi connectivity index (χ2v) is 12.4. The monoisotopic (exact) mass is 613 g/mol. The highest BCUT2D eigenvalue weighted by atomic mass is 32.2. The molecule has 0 aliphatic carbocycles. The highest BCUT2D eigenvalue weighted by Gasteiger charge is 2.34. The van der Waals surface area contributed by atoms with Crippen LogP contribution in [0.2, 0.25) is 0 Å². The van der Waals surface area contributed by atoms with Crippen molar-refractivity contribution in [1.29, 1.82) is 0 Å². The molecule has 0 saturated carbocycles. The topological polar surface area (TPSA) is 105 Å². The smallest absolute Gasteiger partial charge is 0.264 e. The summed E-state index contributed by atoms with van der Waals surface area (Å²) in [6.45, 7) is 7.54. The van der Waals surface area contributed by atoms with Gasteiger partial charge in [0.15, 0.2) is 11.5 Å². The highest BCUT2D eigenvalue weighted by Crippen LogP contribution is 2.32. The molecule has 0 fully saturated rings. The summed E-state index contributed by atoms with van der Waals surface area (Å²) in [5, 5.41) is 2.90. The third-order valence-corrected chi connectivity index (χ3v) is 8.61. The summed E-state index contributed by atoms with van der Waals surface area (Å²) in [6.07, 6.45) is 0.306. The molecule has 0 aliphatic rings. The van der Waals surface area contributed by atoms with Gasteiger partial charge in [0, 0.05) is 19.2 Å². The third kappa shape index (κ3) is 8.47. The molecule has 3 rings (SSSR count). The van der Waals surface area contributed by atoms with Gasteiger partial charge in [0.2, 0.25) is 11.8 Å². The van der Waals surface area contributed by atoms with Crippen molar-refractivity contribution in [2.75, 3.05) is 31.6 Å². The van der Waals surface area contributed by atoms with Crippen LogP contribution in [0.4, 0.5) is 10.1 Å². The molecule has 0 radical (unpaired) electrons. The lowest BCUT2D eigenvalue weighted by atomic mass is 10.1. The Kier molecular flexibility index (Phi) is 11.5. The molecule has 43 heavy (non-hydrogen) atoms. The normalized spacial score (nSPS) is 12.0. The lowest BCUT2D eigenvalue weighted by Crippen LogP contribution is -2.52. The van der Waals surface area contributed by atoms with Gasteiger partial charge in [0.05, 0.1) is 24.8 Å². The van der Waals surface area contributed by atoms with Gasteiger partial charge in [0.1, 0.15) is 18.4 Å². The fourth-order valence-corrected chi connectivity index (χ4v) is 6.02. The van der Waals surface area contributed by atoms with Crippen LogP contribution in [0.25, 0.3) is 0 Å². The molecule has 11 heteroatoms. The number of aryl methyl sites for hydroxylation is 1. The second-order valence-electron chi connectivity index (χ2n) is 10.6. The van der Waals surface area contributed by atoms with Gasteiger partial charge >= 0.3 is 0 Å². The van der Waals surface area contributed by atoms with Gasteiger partial charge in [-0.3, -0.25) is 13.9 Å². The van der Waals surface area contributed by atoms with Crippen LogP contribution in [-0.4, -0.2) is 58.5 Å². The largest absolute Gasteiger partial charge is 0.493 e. The van der Waals surface area contributed by atoms with Gasteiger partial charge in [-0.25, -0.2) is 12.8 Å². The quantitative estimate of drug-likeness (QED) is 0.277. The fourth-order valence-electron chi connectivity index (χ4n) is 4.59. The number of carbonyl (C=O) groups excluding carboxylic acids is 2. The van der Waals surface area contributed by atoms with Gasteiger partial charge in [-0.2, -0.15) is 0 Å². The van der Waals surface area contributed by atoms with Crippen LogP contribution in [0.1, 0.15) is 38.3 Å². The number of ether oxygens (including phenoxy) is 2. The predicted octanol–water partition coefficient (Wildman–Crippen LogP) is 4.93. The number of carbonyl (C=O) groups is 2. The number of nitrogens with zero attached hydrogens (tertiary/aromatic N) is 2. The number of anilines is 1. The Labute approximate surface area is 253 Å². The van der Waals surface area contributed by atoms with E-state index in [1.807, 2.05) is 45.0 Å². The van der Waals surface area contributed by atoms with E-state index in [9.17, 15) is 22.4 Å². The van der Waals surface area contributed by atoms with Crippen molar-refractivity contribution in [1.82, 2.24) is 10.2 Å². The molecule has 0 saturated heterocycles. The summed E-state index contributed by atoms with van der Waals surface area (Å²) < 4.78 is 53.5. The maximum atomic E-state index is 14.1. The van der Waals surface area contributed by atoms with Crippen molar-refractivity contribution in [2.45, 2.75) is 51.6 Å². The number of methoxy groups -OCH3 is 2. The zero-order valence-corrected chi connectivity index (χ0v) is 26.3. The summed E-state index contributed by atoms with van der Waals surface area (Å²) in [7, 11) is -1.57. The Morgan fingerprint density at radius 3 is 2.21 bits per heavy atom. The molecule has 9 nitrogen and oxygen atoms in total. The second kappa shape index (κ2) is 14.9. The van der Waals surface area contributed by atoms with E-state index in [0.717, 1.165) is 27.6 Å². The van der Waals surface area contributed by atoms with Crippen LogP contribution >= 0.6 is 0 Å². The average molecular weight is 614 g/mol.